The highest BCUT2D eigenvalue weighted by atomic mass is 32.1. The van der Waals surface area contributed by atoms with E-state index in [1.54, 1.807) is 6.20 Å². The minimum Gasteiger partial charge on any atom is -0.337 e. The molecule has 1 fully saturated rings. The summed E-state index contributed by atoms with van der Waals surface area (Å²) in [4.78, 5) is 16.5. The minimum atomic E-state index is 0.291. The zero-order valence-electron chi connectivity index (χ0n) is 14.5. The molecule has 0 amide bonds. The van der Waals surface area contributed by atoms with Crippen molar-refractivity contribution in [3.63, 3.8) is 0 Å². The topological polar surface area (TPSA) is 82.7 Å². The Morgan fingerprint density at radius 1 is 1.38 bits per heavy atom. The van der Waals surface area contributed by atoms with Crippen molar-refractivity contribution in [3.05, 3.63) is 53.2 Å². The summed E-state index contributed by atoms with van der Waals surface area (Å²) >= 11 is 1.33. The van der Waals surface area contributed by atoms with Gasteiger partial charge in [-0.05, 0) is 31.5 Å². The van der Waals surface area contributed by atoms with Gasteiger partial charge in [-0.3, -0.25) is 4.90 Å². The predicted octanol–water partition coefficient (Wildman–Crippen LogP) is 3.22. The number of thiazole rings is 1. The second kappa shape index (κ2) is 7.23. The lowest BCUT2D eigenvalue weighted by Gasteiger charge is -2.24. The van der Waals surface area contributed by atoms with Gasteiger partial charge in [0.2, 0.25) is 0 Å². The highest BCUT2D eigenvalue weighted by Crippen LogP contribution is 2.32. The van der Waals surface area contributed by atoms with E-state index in [-0.39, 0.29) is 0 Å². The third-order valence-corrected chi connectivity index (χ3v) is 5.41. The van der Waals surface area contributed by atoms with Crippen LogP contribution in [0.2, 0.25) is 0 Å². The monoisotopic (exact) mass is 365 g/mol. The molecule has 1 saturated heterocycles. The first-order valence-electron chi connectivity index (χ1n) is 8.53. The summed E-state index contributed by atoms with van der Waals surface area (Å²) in [6, 6.07) is 8.41. The van der Waals surface area contributed by atoms with E-state index in [1.165, 1.54) is 11.3 Å². The summed E-state index contributed by atoms with van der Waals surface area (Å²) in [5.74, 6) is 1.82. The van der Waals surface area contributed by atoms with Crippen molar-refractivity contribution in [2.45, 2.75) is 25.4 Å². The fourth-order valence-corrected chi connectivity index (χ4v) is 3.90. The molecule has 0 saturated carbocycles. The molecule has 4 heterocycles. The van der Waals surface area contributed by atoms with E-state index < -0.39 is 0 Å². The number of anilines is 2. The summed E-state index contributed by atoms with van der Waals surface area (Å²) in [6.45, 7) is 1.88. The van der Waals surface area contributed by atoms with Crippen molar-refractivity contribution in [3.8, 4) is 6.07 Å². The first-order valence-corrected chi connectivity index (χ1v) is 9.35. The highest BCUT2D eigenvalue weighted by Gasteiger charge is 2.28. The van der Waals surface area contributed by atoms with Crippen molar-refractivity contribution in [1.29, 1.82) is 5.26 Å². The van der Waals surface area contributed by atoms with Crippen LogP contribution in [-0.4, -0.2) is 31.0 Å². The first-order chi connectivity index (χ1) is 12.7. The Bertz CT molecular complexity index is 939. The van der Waals surface area contributed by atoms with Crippen LogP contribution >= 0.6 is 11.3 Å². The normalized spacial score (nSPS) is 17.3. The molecule has 1 aliphatic rings. The van der Waals surface area contributed by atoms with Crippen LogP contribution in [-0.2, 0) is 13.6 Å². The van der Waals surface area contributed by atoms with Crippen molar-refractivity contribution < 1.29 is 0 Å². The lowest BCUT2D eigenvalue weighted by atomic mass is 10.1. The van der Waals surface area contributed by atoms with Gasteiger partial charge in [0.1, 0.15) is 22.6 Å². The van der Waals surface area contributed by atoms with E-state index in [4.69, 9.17) is 10.2 Å². The van der Waals surface area contributed by atoms with Gasteiger partial charge in [-0.15, -0.1) is 0 Å². The van der Waals surface area contributed by atoms with Gasteiger partial charge in [-0.2, -0.15) is 5.26 Å². The number of rotatable bonds is 5. The Morgan fingerprint density at radius 3 is 3.08 bits per heavy atom. The average molecular weight is 365 g/mol. The largest absolute Gasteiger partial charge is 0.337 e. The van der Waals surface area contributed by atoms with Crippen molar-refractivity contribution in [2.24, 2.45) is 7.05 Å². The fraction of sp³-hybridized carbons (Fsp3) is 0.333. The van der Waals surface area contributed by atoms with Crippen LogP contribution in [0.25, 0.3) is 0 Å². The maximum atomic E-state index is 8.92. The van der Waals surface area contributed by atoms with E-state index in [0.29, 0.717) is 16.1 Å². The summed E-state index contributed by atoms with van der Waals surface area (Å²) in [6.07, 6.45) is 7.64. The predicted molar refractivity (Wildman–Crippen MR) is 99.9 cm³/mol. The summed E-state index contributed by atoms with van der Waals surface area (Å²) in [5, 5.41) is 12.8. The number of likely N-dealkylation sites (tertiary alicyclic amines) is 1. The molecule has 4 rings (SSSR count). The summed E-state index contributed by atoms with van der Waals surface area (Å²) in [5.41, 5.74) is 1.05. The van der Waals surface area contributed by atoms with Crippen LogP contribution < -0.4 is 5.32 Å². The fourth-order valence-electron chi connectivity index (χ4n) is 3.28. The van der Waals surface area contributed by atoms with E-state index in [2.05, 4.69) is 36.9 Å². The van der Waals surface area contributed by atoms with Crippen molar-refractivity contribution in [1.82, 2.24) is 24.4 Å². The number of hydrogen-bond acceptors (Lipinski definition) is 7. The molecule has 1 aliphatic heterocycles. The molecular formula is C18H19N7S. The molecule has 0 bridgehead atoms. The van der Waals surface area contributed by atoms with Crippen LogP contribution in [0.5, 0.6) is 0 Å². The van der Waals surface area contributed by atoms with Gasteiger partial charge in [0.05, 0.1) is 24.5 Å². The van der Waals surface area contributed by atoms with E-state index in [1.807, 2.05) is 31.6 Å². The van der Waals surface area contributed by atoms with Gasteiger partial charge in [0, 0.05) is 19.4 Å². The lowest BCUT2D eigenvalue weighted by molar-refractivity contribution is 0.236. The van der Waals surface area contributed by atoms with Crippen LogP contribution in [0.4, 0.5) is 10.9 Å². The molecule has 0 radical (unpaired) electrons. The van der Waals surface area contributed by atoms with E-state index in [9.17, 15) is 0 Å². The number of nitrogens with one attached hydrogen (secondary N) is 1. The summed E-state index contributed by atoms with van der Waals surface area (Å²) < 4.78 is 2.07. The number of hydrogen-bond donors (Lipinski definition) is 1. The quantitative estimate of drug-likeness (QED) is 0.747. The van der Waals surface area contributed by atoms with Gasteiger partial charge in [-0.1, -0.05) is 17.4 Å². The minimum absolute atomic E-state index is 0.291. The van der Waals surface area contributed by atoms with Gasteiger partial charge in [0.15, 0.2) is 5.13 Å². The van der Waals surface area contributed by atoms with E-state index >= 15 is 0 Å². The molecule has 1 unspecified atom stereocenters. The number of aryl methyl sites for hydroxylation is 1. The van der Waals surface area contributed by atoms with Crippen LogP contribution in [0.3, 0.4) is 0 Å². The highest BCUT2D eigenvalue weighted by molar-refractivity contribution is 7.16. The van der Waals surface area contributed by atoms with Crippen molar-refractivity contribution >= 4 is 22.3 Å². The number of imidazole rings is 1. The van der Waals surface area contributed by atoms with Gasteiger partial charge in [-0.25, -0.2) is 15.0 Å². The molecule has 0 aliphatic carbocycles. The molecule has 0 aromatic carbocycles. The molecule has 1 atom stereocenters. The maximum Gasteiger partial charge on any atom is 0.189 e. The van der Waals surface area contributed by atoms with Crippen LogP contribution in [0.1, 0.15) is 35.3 Å². The van der Waals surface area contributed by atoms with Gasteiger partial charge in [0.25, 0.3) is 0 Å². The van der Waals surface area contributed by atoms with E-state index in [0.717, 1.165) is 43.3 Å². The third kappa shape index (κ3) is 3.45. The second-order valence-electron chi connectivity index (χ2n) is 6.30. The van der Waals surface area contributed by atoms with Gasteiger partial charge >= 0.3 is 0 Å². The standard InChI is InChI=1S/C18H19N7S/c1-24-9-7-20-17(24)12-25-8-3-5-15(25)14-4-2-6-16(22-14)23-18-21-11-13(10-19)26-18/h2,4,6-7,9,11,15H,3,5,8,12H2,1H3,(H,21,22,23). The summed E-state index contributed by atoms with van der Waals surface area (Å²) in [7, 11) is 2.03. The molecule has 132 valence electrons. The molecule has 1 N–H and O–H groups in total. The Balaban J connectivity index is 1.51. The Labute approximate surface area is 156 Å². The lowest BCUT2D eigenvalue weighted by Crippen LogP contribution is -2.25. The third-order valence-electron chi connectivity index (χ3n) is 4.59. The smallest absolute Gasteiger partial charge is 0.189 e. The first kappa shape index (κ1) is 16.7. The molecule has 3 aromatic heterocycles. The number of nitrogens with zero attached hydrogens (tertiary/aromatic N) is 6. The van der Waals surface area contributed by atoms with Crippen LogP contribution in [0, 0.1) is 11.3 Å². The molecule has 26 heavy (non-hydrogen) atoms. The Hall–Kier alpha value is -2.76. The van der Waals surface area contributed by atoms with Crippen molar-refractivity contribution in [2.75, 3.05) is 11.9 Å². The second-order valence-corrected chi connectivity index (χ2v) is 7.33. The van der Waals surface area contributed by atoms with Crippen LogP contribution in [0.15, 0.2) is 36.8 Å². The molecule has 0 spiro atoms. The number of pyridine rings is 1. The number of aromatic nitrogens is 4. The van der Waals surface area contributed by atoms with Gasteiger partial charge < -0.3 is 9.88 Å². The molecular weight excluding hydrogens is 346 g/mol. The number of nitriles is 1. The molecule has 3 aromatic rings. The zero-order chi connectivity index (χ0) is 17.9. The SMILES string of the molecule is Cn1ccnc1CN1CCCC1c1cccc(Nc2ncc(C#N)s2)n1. The average Bonchev–Trinajstić information content (AvgIpc) is 3.38. The zero-order valence-corrected chi connectivity index (χ0v) is 15.3. The molecule has 8 heteroatoms. The Morgan fingerprint density at radius 2 is 2.31 bits per heavy atom. The molecule has 7 nitrogen and oxygen atoms in total. The maximum absolute atomic E-state index is 8.92. The Kier molecular flexibility index (Phi) is 4.65.